The summed E-state index contributed by atoms with van der Waals surface area (Å²) in [5.74, 6) is -1.87. The lowest BCUT2D eigenvalue weighted by Gasteiger charge is -2.21. The molecule has 0 aromatic heterocycles. The lowest BCUT2D eigenvalue weighted by atomic mass is 10.0. The molecule has 0 aliphatic carbocycles. The van der Waals surface area contributed by atoms with Crippen LogP contribution in [0.25, 0.3) is 0 Å². The minimum absolute atomic E-state index is 0.142. The Morgan fingerprint density at radius 3 is 1.48 bits per heavy atom. The molecule has 0 radical (unpaired) electrons. The van der Waals surface area contributed by atoms with Crippen LogP contribution in [0, 0.1) is 0 Å². The van der Waals surface area contributed by atoms with E-state index in [1.165, 1.54) is 37.0 Å². The summed E-state index contributed by atoms with van der Waals surface area (Å²) < 4.78 is 0. The predicted octanol–water partition coefficient (Wildman–Crippen LogP) is 4.22. The van der Waals surface area contributed by atoms with E-state index >= 15 is 0 Å². The average molecular weight is 416 g/mol. The number of hydrogen-bond donors (Lipinski definition) is 3. The van der Waals surface area contributed by atoms with E-state index in [-0.39, 0.29) is 25.4 Å². The first-order chi connectivity index (χ1) is 13.8. The Morgan fingerprint density at radius 1 is 0.690 bits per heavy atom. The van der Waals surface area contributed by atoms with E-state index in [0.29, 0.717) is 12.8 Å². The fourth-order valence-electron chi connectivity index (χ4n) is 3.28. The topological polar surface area (TPSA) is 115 Å². The van der Waals surface area contributed by atoms with Gasteiger partial charge in [0.25, 0.3) is 0 Å². The standard InChI is InChI=1S/C22H41NO6/c1-19(24)16-17-23(18-22(28)29)20(25)14-12-10-8-6-4-2-3-5-7-9-11-13-15-21(26)27/h19,24H,2-18H2,1H3,(H,26,27)(H,28,29). The molecular weight excluding hydrogens is 374 g/mol. The number of aliphatic hydroxyl groups excluding tert-OH is 1. The van der Waals surface area contributed by atoms with E-state index in [1.807, 2.05) is 0 Å². The van der Waals surface area contributed by atoms with Crippen molar-refractivity contribution in [3.63, 3.8) is 0 Å². The van der Waals surface area contributed by atoms with E-state index in [1.54, 1.807) is 6.92 Å². The summed E-state index contributed by atoms with van der Waals surface area (Å²) in [5.41, 5.74) is 0. The SMILES string of the molecule is CC(O)CCN(CC(=O)O)C(=O)CCCCCCCCCCCCCCC(=O)O. The van der Waals surface area contributed by atoms with E-state index in [0.717, 1.165) is 44.9 Å². The quantitative estimate of drug-likeness (QED) is 0.257. The maximum absolute atomic E-state index is 12.2. The molecule has 3 N–H and O–H groups in total. The molecule has 0 aliphatic rings. The molecule has 0 fully saturated rings. The van der Waals surface area contributed by atoms with E-state index < -0.39 is 18.0 Å². The number of unbranched alkanes of at least 4 members (excludes halogenated alkanes) is 11. The number of amides is 1. The van der Waals surface area contributed by atoms with Crippen molar-refractivity contribution in [2.24, 2.45) is 0 Å². The molecule has 0 aromatic carbocycles. The summed E-state index contributed by atoms with van der Waals surface area (Å²) in [4.78, 5) is 34.8. The number of aliphatic hydroxyl groups is 1. The number of rotatable bonds is 20. The lowest BCUT2D eigenvalue weighted by molar-refractivity contribution is -0.144. The molecule has 0 aliphatic heterocycles. The van der Waals surface area contributed by atoms with Gasteiger partial charge in [-0.15, -0.1) is 0 Å². The highest BCUT2D eigenvalue weighted by molar-refractivity contribution is 5.81. The minimum Gasteiger partial charge on any atom is -0.481 e. The summed E-state index contributed by atoms with van der Waals surface area (Å²) in [5, 5.41) is 26.8. The number of aliphatic carboxylic acids is 2. The molecule has 1 amide bonds. The van der Waals surface area contributed by atoms with Crippen LogP contribution < -0.4 is 0 Å². The van der Waals surface area contributed by atoms with Gasteiger partial charge in [-0.05, 0) is 26.2 Å². The van der Waals surface area contributed by atoms with Gasteiger partial charge in [0.1, 0.15) is 6.54 Å². The molecule has 0 rings (SSSR count). The van der Waals surface area contributed by atoms with Crippen LogP contribution in [-0.4, -0.2) is 57.3 Å². The first-order valence-electron chi connectivity index (χ1n) is 11.2. The van der Waals surface area contributed by atoms with E-state index in [4.69, 9.17) is 10.2 Å². The van der Waals surface area contributed by atoms with Crippen LogP contribution >= 0.6 is 0 Å². The third-order valence-electron chi connectivity index (χ3n) is 5.03. The number of hydrogen-bond acceptors (Lipinski definition) is 4. The van der Waals surface area contributed by atoms with Crippen molar-refractivity contribution in [2.45, 2.75) is 109 Å². The van der Waals surface area contributed by atoms with Crippen molar-refractivity contribution < 1.29 is 29.7 Å². The molecule has 170 valence electrons. The zero-order chi connectivity index (χ0) is 21.9. The molecule has 7 heteroatoms. The lowest BCUT2D eigenvalue weighted by Crippen LogP contribution is -2.37. The second kappa shape index (κ2) is 18.4. The molecule has 1 atom stereocenters. The first kappa shape index (κ1) is 27.4. The fraction of sp³-hybridized carbons (Fsp3) is 0.864. The highest BCUT2D eigenvalue weighted by atomic mass is 16.4. The molecular formula is C22H41NO6. The van der Waals surface area contributed by atoms with Crippen LogP contribution in [0.5, 0.6) is 0 Å². The van der Waals surface area contributed by atoms with Gasteiger partial charge in [-0.1, -0.05) is 64.2 Å². The minimum atomic E-state index is -1.02. The molecule has 0 saturated carbocycles. The molecule has 29 heavy (non-hydrogen) atoms. The number of carboxylic acids is 2. The summed E-state index contributed by atoms with van der Waals surface area (Å²) in [6.07, 6.45) is 13.5. The predicted molar refractivity (Wildman–Crippen MR) is 113 cm³/mol. The van der Waals surface area contributed by atoms with Crippen LogP contribution in [-0.2, 0) is 14.4 Å². The third kappa shape index (κ3) is 19.5. The maximum atomic E-state index is 12.2. The van der Waals surface area contributed by atoms with Gasteiger partial charge in [0, 0.05) is 19.4 Å². The number of carbonyl (C=O) groups is 3. The second-order valence-electron chi connectivity index (χ2n) is 7.98. The van der Waals surface area contributed by atoms with Crippen molar-refractivity contribution in [1.29, 1.82) is 0 Å². The summed E-state index contributed by atoms with van der Waals surface area (Å²) in [7, 11) is 0. The van der Waals surface area contributed by atoms with Gasteiger partial charge < -0.3 is 20.2 Å². The van der Waals surface area contributed by atoms with E-state index in [9.17, 15) is 19.5 Å². The summed E-state index contributed by atoms with van der Waals surface area (Å²) in [6.45, 7) is 1.61. The van der Waals surface area contributed by atoms with Crippen molar-refractivity contribution in [2.75, 3.05) is 13.1 Å². The van der Waals surface area contributed by atoms with Crippen molar-refractivity contribution >= 4 is 17.8 Å². The Kier molecular flexibility index (Phi) is 17.4. The van der Waals surface area contributed by atoms with Gasteiger partial charge in [0.05, 0.1) is 6.10 Å². The van der Waals surface area contributed by atoms with Gasteiger partial charge in [-0.25, -0.2) is 0 Å². The highest BCUT2D eigenvalue weighted by Gasteiger charge is 2.16. The highest BCUT2D eigenvalue weighted by Crippen LogP contribution is 2.13. The number of nitrogens with zero attached hydrogens (tertiary/aromatic N) is 1. The average Bonchev–Trinajstić information content (AvgIpc) is 2.64. The van der Waals surface area contributed by atoms with E-state index in [2.05, 4.69) is 0 Å². The normalized spacial score (nSPS) is 11.9. The zero-order valence-corrected chi connectivity index (χ0v) is 18.1. The maximum Gasteiger partial charge on any atom is 0.323 e. The smallest absolute Gasteiger partial charge is 0.323 e. The first-order valence-corrected chi connectivity index (χ1v) is 11.2. The van der Waals surface area contributed by atoms with Gasteiger partial charge in [0.2, 0.25) is 5.91 Å². The molecule has 1 unspecified atom stereocenters. The monoisotopic (exact) mass is 415 g/mol. The Labute approximate surface area is 175 Å². The van der Waals surface area contributed by atoms with Crippen molar-refractivity contribution in [3.8, 4) is 0 Å². The van der Waals surface area contributed by atoms with Gasteiger partial charge in [-0.3, -0.25) is 14.4 Å². The van der Waals surface area contributed by atoms with Crippen LogP contribution in [0.2, 0.25) is 0 Å². The number of carbonyl (C=O) groups excluding carboxylic acids is 1. The van der Waals surface area contributed by atoms with Crippen molar-refractivity contribution in [3.05, 3.63) is 0 Å². The second-order valence-corrected chi connectivity index (χ2v) is 7.98. The molecule has 0 aromatic rings. The molecule has 0 spiro atoms. The molecule has 0 heterocycles. The van der Waals surface area contributed by atoms with Crippen molar-refractivity contribution in [1.82, 2.24) is 4.90 Å². The Bertz CT molecular complexity index is 453. The largest absolute Gasteiger partial charge is 0.481 e. The Balaban J connectivity index is 3.56. The van der Waals surface area contributed by atoms with Gasteiger partial charge >= 0.3 is 11.9 Å². The zero-order valence-electron chi connectivity index (χ0n) is 18.1. The fourth-order valence-corrected chi connectivity index (χ4v) is 3.28. The molecule has 0 saturated heterocycles. The third-order valence-corrected chi connectivity index (χ3v) is 5.03. The van der Waals surface area contributed by atoms with Gasteiger partial charge in [0.15, 0.2) is 0 Å². The van der Waals surface area contributed by atoms with Crippen LogP contribution in [0.1, 0.15) is 103 Å². The van der Waals surface area contributed by atoms with Crippen LogP contribution in [0.3, 0.4) is 0 Å². The Morgan fingerprint density at radius 2 is 1.10 bits per heavy atom. The molecule has 7 nitrogen and oxygen atoms in total. The van der Waals surface area contributed by atoms with Crippen LogP contribution in [0.15, 0.2) is 0 Å². The summed E-state index contributed by atoms with van der Waals surface area (Å²) in [6, 6.07) is 0. The van der Waals surface area contributed by atoms with Gasteiger partial charge in [-0.2, -0.15) is 0 Å². The molecule has 0 bridgehead atoms. The number of carboxylic acid groups (broad SMARTS) is 2. The van der Waals surface area contributed by atoms with Crippen LogP contribution in [0.4, 0.5) is 0 Å². The Hall–Kier alpha value is -1.63. The summed E-state index contributed by atoms with van der Waals surface area (Å²) >= 11 is 0.